The van der Waals surface area contributed by atoms with Crippen LogP contribution in [0.4, 0.5) is 0 Å². The van der Waals surface area contributed by atoms with E-state index in [0.717, 1.165) is 38.8 Å². The van der Waals surface area contributed by atoms with Crippen LogP contribution in [0.3, 0.4) is 0 Å². The Bertz CT molecular complexity index is 1060. The normalized spacial score (nSPS) is 24.0. The van der Waals surface area contributed by atoms with Crippen molar-refractivity contribution in [2.24, 2.45) is 18.9 Å². The van der Waals surface area contributed by atoms with E-state index in [-0.39, 0.29) is 32.4 Å². The van der Waals surface area contributed by atoms with Gasteiger partial charge in [-0.15, -0.1) is 10.1 Å². The van der Waals surface area contributed by atoms with Crippen molar-refractivity contribution in [3.8, 4) is 0 Å². The number of esters is 1. The summed E-state index contributed by atoms with van der Waals surface area (Å²) in [6, 6.07) is 8.78. The number of rotatable bonds is 4. The molecule has 1 radical (unpaired) electrons. The van der Waals surface area contributed by atoms with Gasteiger partial charge in [-0.3, -0.25) is 4.90 Å². The topological polar surface area (TPSA) is 86.8 Å². The molecule has 2 aromatic rings. The zero-order chi connectivity index (χ0) is 20.8. The van der Waals surface area contributed by atoms with E-state index in [4.69, 9.17) is 4.74 Å². The second kappa shape index (κ2) is 9.11. The minimum absolute atomic E-state index is 0. The van der Waals surface area contributed by atoms with Crippen molar-refractivity contribution in [2.75, 3.05) is 13.1 Å². The van der Waals surface area contributed by atoms with Crippen molar-refractivity contribution in [1.82, 2.24) is 9.47 Å². The molecule has 167 valence electrons. The molecule has 2 aliphatic heterocycles. The predicted molar refractivity (Wildman–Crippen MR) is 108 cm³/mol. The molecule has 0 bridgehead atoms. The maximum Gasteiger partial charge on any atom is 0.304 e. The number of benzene rings is 1. The van der Waals surface area contributed by atoms with E-state index in [9.17, 15) is 14.9 Å². The summed E-state index contributed by atoms with van der Waals surface area (Å²) in [5.74, 6) is -0.0741. The molecule has 5 rings (SSSR count). The van der Waals surface area contributed by atoms with Crippen LogP contribution in [0.25, 0.3) is 10.9 Å². The van der Waals surface area contributed by atoms with Gasteiger partial charge in [-0.05, 0) is 49.1 Å². The standard InChI is InChI=1S/C22H24N3O5.Re.Rf/c1-23-19-8-3-2-6-15(19)16-9-10-24-12-14-5-4-7-17(18(14)11-20(24)21(16)23)22(26)29-13-30-25(27)28;;/h2-3,6-8,13-14,18,20H,4-5,9-12H2,1H3;;/q-1;;. The molecule has 1 fully saturated rings. The van der Waals surface area contributed by atoms with Crippen molar-refractivity contribution in [2.45, 2.75) is 31.7 Å². The smallest absolute Gasteiger partial charge is 0.304 e. The van der Waals surface area contributed by atoms with Crippen LogP contribution in [0, 0.1) is 28.7 Å². The molecule has 3 aliphatic rings. The van der Waals surface area contributed by atoms with E-state index in [1.165, 1.54) is 22.2 Å². The van der Waals surface area contributed by atoms with E-state index in [0.29, 0.717) is 18.3 Å². The molecule has 0 amide bonds. The van der Waals surface area contributed by atoms with E-state index < -0.39 is 11.1 Å². The molecule has 1 aromatic heterocycles. The maximum absolute atomic E-state index is 12.6. The molecule has 1 saturated heterocycles. The Kier molecular flexibility index (Phi) is 6.68. The minimum atomic E-state index is -1.01. The first-order valence-corrected chi connectivity index (χ1v) is 10.4. The zero-order valence-electron chi connectivity index (χ0n) is 17.9. The number of carbonyl (C=O) groups excluding carboxylic acids is 1. The summed E-state index contributed by atoms with van der Waals surface area (Å²) in [5, 5.41) is 10.6. The second-order valence-electron chi connectivity index (χ2n) is 8.37. The fourth-order valence-corrected chi connectivity index (χ4v) is 5.78. The van der Waals surface area contributed by atoms with Crippen LogP contribution >= 0.6 is 0 Å². The largest absolute Gasteiger partial charge is 0.608 e. The van der Waals surface area contributed by atoms with Gasteiger partial charge in [-0.2, -0.15) is 0 Å². The van der Waals surface area contributed by atoms with Crippen molar-refractivity contribution < 1.29 is 39.9 Å². The van der Waals surface area contributed by atoms with Crippen LogP contribution in [0.1, 0.15) is 36.6 Å². The van der Waals surface area contributed by atoms with E-state index in [2.05, 4.69) is 45.6 Å². The Morgan fingerprint density at radius 1 is 1.31 bits per heavy atom. The SMILES string of the molecule is Cn1c2c(c3ccccc31)CCN1CC3CCC=C(C(=O)O[CH-]O[N+](=O)[O-])C3CC21.[Re].[Rf]. The fraction of sp³-hybridized carbons (Fsp3) is 0.455. The van der Waals surface area contributed by atoms with Gasteiger partial charge in [0.25, 0.3) is 5.09 Å². The first kappa shape index (κ1) is 23.5. The third-order valence-corrected chi connectivity index (χ3v) is 7.00. The zero-order valence-corrected chi connectivity index (χ0v) is 27.0. The summed E-state index contributed by atoms with van der Waals surface area (Å²) in [6.07, 6.45) is 5.69. The molecular formula is C22H24N3O5ReRf-. The van der Waals surface area contributed by atoms with Gasteiger partial charge in [0.1, 0.15) is 0 Å². The van der Waals surface area contributed by atoms with Crippen molar-refractivity contribution in [3.63, 3.8) is 0 Å². The number of carbonyl (C=O) groups is 1. The van der Waals surface area contributed by atoms with Crippen LogP contribution < -0.4 is 0 Å². The van der Waals surface area contributed by atoms with E-state index in [1.807, 2.05) is 6.08 Å². The maximum atomic E-state index is 12.6. The van der Waals surface area contributed by atoms with Crippen LogP contribution in [-0.4, -0.2) is 33.6 Å². The van der Waals surface area contributed by atoms with Crippen LogP contribution in [0.5, 0.6) is 0 Å². The number of aromatic nitrogens is 1. The summed E-state index contributed by atoms with van der Waals surface area (Å²) in [7, 11) is 2.13. The monoisotopic (exact) mass is 864 g/mol. The van der Waals surface area contributed by atoms with Gasteiger partial charge in [-0.1, -0.05) is 24.3 Å². The predicted octanol–water partition coefficient (Wildman–Crippen LogP) is 3.30. The average molecular weight is 864 g/mol. The second-order valence-corrected chi connectivity index (χ2v) is 8.37. The van der Waals surface area contributed by atoms with Crippen molar-refractivity contribution in [3.05, 3.63) is 64.1 Å². The third-order valence-electron chi connectivity index (χ3n) is 7.00. The van der Waals surface area contributed by atoms with Crippen LogP contribution in [0.15, 0.2) is 35.9 Å². The Balaban J connectivity index is 0.00000144. The summed E-state index contributed by atoms with van der Waals surface area (Å²) >= 11 is 0. The van der Waals surface area contributed by atoms with Crippen molar-refractivity contribution in [1.29, 1.82) is 0 Å². The number of aryl methyl sites for hydroxylation is 1. The molecule has 0 spiro atoms. The van der Waals surface area contributed by atoms with E-state index in [1.54, 1.807) is 0 Å². The van der Waals surface area contributed by atoms with Gasteiger partial charge in [0, 0.05) is 69.5 Å². The number of allylic oxidation sites excluding steroid dienone is 1. The molecule has 3 unspecified atom stereocenters. The molecule has 1 aliphatic carbocycles. The van der Waals surface area contributed by atoms with Gasteiger partial charge in [0.05, 0.1) is 6.04 Å². The molecule has 10 heteroatoms. The molecule has 8 nitrogen and oxygen atoms in total. The van der Waals surface area contributed by atoms with Crippen LogP contribution in [0.2, 0.25) is 0 Å². The first-order chi connectivity index (χ1) is 14.5. The Labute approximate surface area is 193 Å². The fourth-order valence-electron chi connectivity index (χ4n) is 5.78. The summed E-state index contributed by atoms with van der Waals surface area (Å²) in [5.41, 5.74) is 4.64. The molecule has 0 saturated carbocycles. The summed E-state index contributed by atoms with van der Waals surface area (Å²) in [6.45, 7) is 2.49. The minimum Gasteiger partial charge on any atom is -0.608 e. The molecule has 32 heavy (non-hydrogen) atoms. The first-order valence-electron chi connectivity index (χ1n) is 10.4. The number of nitrogens with zero attached hydrogens (tertiary/aromatic N) is 3. The van der Waals surface area contributed by atoms with Gasteiger partial charge in [0.2, 0.25) is 0 Å². The number of fused-ring (bicyclic) bond motifs is 6. The number of para-hydroxylation sites is 1. The number of hydrogen-bond acceptors (Lipinski definition) is 6. The number of ether oxygens (including phenoxy) is 1. The average Bonchev–Trinajstić information content (AvgIpc) is 3.04. The molecule has 3 atom stereocenters. The third kappa shape index (κ3) is 3.77. The van der Waals surface area contributed by atoms with Crippen LogP contribution in [-0.2, 0) is 48.3 Å². The molecule has 3 heterocycles. The summed E-state index contributed by atoms with van der Waals surface area (Å²) < 4.78 is 7.21. The Morgan fingerprint density at radius 3 is 2.88 bits per heavy atom. The van der Waals surface area contributed by atoms with E-state index >= 15 is 0 Å². The number of hydrogen-bond donors (Lipinski definition) is 0. The van der Waals surface area contributed by atoms with Crippen molar-refractivity contribution >= 4 is 16.9 Å². The van der Waals surface area contributed by atoms with Gasteiger partial charge in [-0.25, -0.2) is 4.79 Å². The quantitative estimate of drug-likeness (QED) is 0.203. The number of piperidine rings is 1. The Morgan fingerprint density at radius 2 is 2.09 bits per heavy atom. The summed E-state index contributed by atoms with van der Waals surface area (Å²) in [4.78, 5) is 29.5. The van der Waals surface area contributed by atoms with Gasteiger partial charge >= 0.3 is 5.97 Å². The molecule has 1 aromatic carbocycles. The van der Waals surface area contributed by atoms with Gasteiger partial charge < -0.3 is 14.1 Å². The molecular weight excluding hydrogens is 839 g/mol. The van der Waals surface area contributed by atoms with Gasteiger partial charge in [0.15, 0.2) is 0 Å². The molecule has 0 N–H and O–H groups in total. The Hall–Kier alpha value is -3.21.